The summed E-state index contributed by atoms with van der Waals surface area (Å²) in [4.78, 5) is 28.4. The van der Waals surface area contributed by atoms with Crippen LogP contribution in [0, 0.1) is 6.92 Å². The predicted octanol–water partition coefficient (Wildman–Crippen LogP) is 4.06. The predicted molar refractivity (Wildman–Crippen MR) is 130 cm³/mol. The van der Waals surface area contributed by atoms with Crippen molar-refractivity contribution < 1.29 is 27.5 Å². The van der Waals surface area contributed by atoms with Crippen molar-refractivity contribution in [3.8, 4) is 5.75 Å². The molecule has 1 unspecified atom stereocenters. The normalized spacial score (nSPS) is 16.5. The lowest BCUT2D eigenvalue weighted by molar-refractivity contribution is -0.144. The van der Waals surface area contributed by atoms with E-state index in [0.29, 0.717) is 35.6 Å². The summed E-state index contributed by atoms with van der Waals surface area (Å²) in [6, 6.07) is 5.22. The number of imidazole rings is 1. The Labute approximate surface area is 212 Å². The number of ketones is 1. The van der Waals surface area contributed by atoms with Crippen LogP contribution in [0.5, 0.6) is 5.75 Å². The number of aromatic nitrogens is 2. The second-order valence-corrected chi connectivity index (χ2v) is 10.7. The first-order valence-corrected chi connectivity index (χ1v) is 13.0. The van der Waals surface area contributed by atoms with Gasteiger partial charge in [0.05, 0.1) is 17.8 Å². The molecule has 1 fully saturated rings. The third-order valence-corrected chi connectivity index (χ3v) is 8.76. The summed E-state index contributed by atoms with van der Waals surface area (Å²) in [5.74, 6) is -0.384. The van der Waals surface area contributed by atoms with E-state index in [4.69, 9.17) is 32.7 Å². The van der Waals surface area contributed by atoms with E-state index in [1.165, 1.54) is 26.2 Å². The highest BCUT2D eigenvalue weighted by Crippen LogP contribution is 2.36. The molecular formula is C23H23Cl2N3O6S. The zero-order valence-electron chi connectivity index (χ0n) is 19.2. The minimum Gasteiger partial charge on any atom is -0.485 e. The third kappa shape index (κ3) is 4.51. The quantitative estimate of drug-likeness (QED) is 0.329. The van der Waals surface area contributed by atoms with Crippen LogP contribution >= 0.6 is 23.2 Å². The fraction of sp³-hybridized carbons (Fsp3) is 0.348. The molecule has 1 aliphatic heterocycles. The van der Waals surface area contributed by atoms with Crippen molar-refractivity contribution in [1.29, 1.82) is 0 Å². The Hall–Kier alpha value is -2.66. The van der Waals surface area contributed by atoms with Gasteiger partial charge in [0.1, 0.15) is 23.2 Å². The largest absolute Gasteiger partial charge is 0.485 e. The molecule has 0 bridgehead atoms. The van der Waals surface area contributed by atoms with Crippen molar-refractivity contribution in [3.63, 3.8) is 0 Å². The van der Waals surface area contributed by atoms with Gasteiger partial charge in [0, 0.05) is 30.3 Å². The fourth-order valence-corrected chi connectivity index (χ4v) is 6.79. The van der Waals surface area contributed by atoms with Crippen molar-refractivity contribution in [2.45, 2.75) is 44.2 Å². The Kier molecular flexibility index (Phi) is 7.10. The highest BCUT2D eigenvalue weighted by Gasteiger charge is 2.41. The van der Waals surface area contributed by atoms with Gasteiger partial charge >= 0.3 is 5.97 Å². The monoisotopic (exact) mass is 539 g/mol. The summed E-state index contributed by atoms with van der Waals surface area (Å²) in [5, 5.41) is 0.125. The molecule has 0 saturated carbocycles. The Balaban J connectivity index is 1.68. The zero-order valence-corrected chi connectivity index (χ0v) is 21.6. The Morgan fingerprint density at radius 3 is 2.66 bits per heavy atom. The summed E-state index contributed by atoms with van der Waals surface area (Å²) >= 11 is 12.9. The Morgan fingerprint density at radius 1 is 1.23 bits per heavy atom. The molecule has 9 nitrogen and oxygen atoms in total. The number of benzene rings is 1. The number of halogens is 2. The number of hydrogen-bond donors (Lipinski definition) is 0. The van der Waals surface area contributed by atoms with Gasteiger partial charge in [0.15, 0.2) is 17.2 Å². The highest BCUT2D eigenvalue weighted by molar-refractivity contribution is 7.89. The molecule has 186 valence electrons. The minimum atomic E-state index is -4.11. The minimum absolute atomic E-state index is 0.0936. The molecule has 0 aliphatic carbocycles. The number of hydrogen-bond acceptors (Lipinski definition) is 7. The lowest BCUT2D eigenvalue weighted by Crippen LogP contribution is -2.41. The fourth-order valence-electron chi connectivity index (χ4n) is 4.28. The average molecular weight is 540 g/mol. The first kappa shape index (κ1) is 25.4. The molecule has 1 atom stereocenters. The Bertz CT molecular complexity index is 1440. The Morgan fingerprint density at radius 2 is 1.97 bits per heavy atom. The first-order chi connectivity index (χ1) is 16.6. The number of pyridine rings is 1. The molecule has 1 aromatic carbocycles. The number of ether oxygens (including phenoxy) is 2. The molecule has 3 heterocycles. The lowest BCUT2D eigenvalue weighted by Gasteiger charge is -2.23. The number of methoxy groups -OCH3 is 1. The van der Waals surface area contributed by atoms with Gasteiger partial charge in [-0.3, -0.25) is 14.0 Å². The number of carbonyl (C=O) groups excluding carboxylic acids is 2. The molecule has 0 radical (unpaired) electrons. The average Bonchev–Trinajstić information content (AvgIpc) is 3.43. The molecule has 35 heavy (non-hydrogen) atoms. The molecule has 2 aromatic heterocycles. The van der Waals surface area contributed by atoms with Gasteiger partial charge in [-0.25, -0.2) is 13.4 Å². The van der Waals surface area contributed by atoms with Gasteiger partial charge in [-0.1, -0.05) is 23.2 Å². The first-order valence-electron chi connectivity index (χ1n) is 10.8. The van der Waals surface area contributed by atoms with Crippen LogP contribution in [-0.4, -0.2) is 53.6 Å². The number of aryl methyl sites for hydroxylation is 1. The lowest BCUT2D eigenvalue weighted by atomic mass is 10.2. The van der Waals surface area contributed by atoms with Crippen LogP contribution < -0.4 is 4.74 Å². The van der Waals surface area contributed by atoms with Crippen LogP contribution in [0.3, 0.4) is 0 Å². The molecule has 4 rings (SSSR count). The maximum atomic E-state index is 13.4. The van der Waals surface area contributed by atoms with Crippen LogP contribution in [0.2, 0.25) is 10.0 Å². The smallest absolute Gasteiger partial charge is 0.324 e. The summed E-state index contributed by atoms with van der Waals surface area (Å²) in [6.07, 6.45) is 2.60. The van der Waals surface area contributed by atoms with Crippen LogP contribution in [0.25, 0.3) is 5.65 Å². The SMILES string of the molecule is COC(=O)C1CCCN1S(=O)(=O)c1ccc(Cl)c(COc2cccn3c(C(C)=O)c(C)nc23)c1Cl. The highest BCUT2D eigenvalue weighted by atomic mass is 35.5. The number of carbonyl (C=O) groups is 2. The zero-order chi connectivity index (χ0) is 25.5. The van der Waals surface area contributed by atoms with E-state index < -0.39 is 22.0 Å². The van der Waals surface area contributed by atoms with Crippen molar-refractivity contribution in [2.24, 2.45) is 0 Å². The van der Waals surface area contributed by atoms with Crippen LogP contribution in [-0.2, 0) is 26.2 Å². The second-order valence-electron chi connectivity index (χ2n) is 8.09. The maximum absolute atomic E-state index is 13.4. The summed E-state index contributed by atoms with van der Waals surface area (Å²) < 4.78 is 40.3. The molecule has 0 amide bonds. The summed E-state index contributed by atoms with van der Waals surface area (Å²) in [7, 11) is -2.89. The van der Waals surface area contributed by atoms with E-state index in [9.17, 15) is 18.0 Å². The number of fused-ring (bicyclic) bond motifs is 1. The summed E-state index contributed by atoms with van der Waals surface area (Å²) in [5.41, 5.74) is 1.70. The van der Waals surface area contributed by atoms with E-state index in [2.05, 4.69) is 4.98 Å². The molecule has 0 N–H and O–H groups in total. The second kappa shape index (κ2) is 9.77. The van der Waals surface area contributed by atoms with Gasteiger partial charge in [-0.2, -0.15) is 4.31 Å². The van der Waals surface area contributed by atoms with E-state index in [1.807, 2.05) is 0 Å². The number of sulfonamides is 1. The topological polar surface area (TPSA) is 107 Å². The van der Waals surface area contributed by atoms with Gasteiger partial charge in [0.2, 0.25) is 10.0 Å². The molecule has 1 aliphatic rings. The number of nitrogens with zero attached hydrogens (tertiary/aromatic N) is 3. The van der Waals surface area contributed by atoms with Gasteiger partial charge in [-0.15, -0.1) is 0 Å². The molecule has 12 heteroatoms. The summed E-state index contributed by atoms with van der Waals surface area (Å²) in [6.45, 7) is 3.21. The van der Waals surface area contributed by atoms with Crippen molar-refractivity contribution in [3.05, 3.63) is 57.5 Å². The maximum Gasteiger partial charge on any atom is 0.324 e. The molecule has 0 spiro atoms. The standard InChI is InChI=1S/C23H23Cl2N3O6S/c1-13-21(14(2)29)27-10-5-7-18(22(27)26-13)34-12-15-16(24)8-9-19(20(15)25)35(31,32)28-11-4-6-17(28)23(30)33-3/h5,7-10,17H,4,6,11-12H2,1-3H3. The molecule has 1 saturated heterocycles. The van der Waals surface area contributed by atoms with E-state index in [1.54, 1.807) is 29.7 Å². The van der Waals surface area contributed by atoms with Crippen molar-refractivity contribution in [2.75, 3.05) is 13.7 Å². The van der Waals surface area contributed by atoms with E-state index >= 15 is 0 Å². The van der Waals surface area contributed by atoms with Gasteiger partial charge in [-0.05, 0) is 44.0 Å². The third-order valence-electron chi connectivity index (χ3n) is 5.91. The van der Waals surface area contributed by atoms with E-state index in [-0.39, 0.29) is 39.4 Å². The molecule has 3 aromatic rings. The van der Waals surface area contributed by atoms with Crippen molar-refractivity contribution >= 4 is 50.6 Å². The van der Waals surface area contributed by atoms with E-state index in [0.717, 1.165) is 4.31 Å². The molecular weight excluding hydrogens is 517 g/mol. The van der Waals surface area contributed by atoms with Crippen molar-refractivity contribution in [1.82, 2.24) is 13.7 Å². The van der Waals surface area contributed by atoms with Crippen LogP contribution in [0.15, 0.2) is 35.4 Å². The number of esters is 1. The van der Waals surface area contributed by atoms with Crippen LogP contribution in [0.1, 0.15) is 41.5 Å². The van der Waals surface area contributed by atoms with Gasteiger partial charge < -0.3 is 9.47 Å². The van der Waals surface area contributed by atoms with Crippen LogP contribution in [0.4, 0.5) is 0 Å². The number of rotatable bonds is 7. The number of Topliss-reactive ketones (excluding diaryl/α,β-unsaturated/α-hetero) is 1. The van der Waals surface area contributed by atoms with Gasteiger partial charge in [0.25, 0.3) is 0 Å².